The molecule has 1 aromatic rings. The zero-order valence-corrected chi connectivity index (χ0v) is 6.64. The van der Waals surface area contributed by atoms with Crippen molar-refractivity contribution in [2.75, 3.05) is 0 Å². The van der Waals surface area contributed by atoms with E-state index in [1.54, 1.807) is 0 Å². The van der Waals surface area contributed by atoms with E-state index in [1.807, 2.05) is 66.5 Å². The van der Waals surface area contributed by atoms with Gasteiger partial charge in [0.05, 0.1) is 0 Å². The Hall–Kier alpha value is -1.37. The lowest BCUT2D eigenvalue weighted by Crippen LogP contribution is -2.23. The molecule has 0 amide bonds. The van der Waals surface area contributed by atoms with E-state index in [0.717, 1.165) is 0 Å². The van der Waals surface area contributed by atoms with Crippen molar-refractivity contribution in [3.05, 3.63) is 48.8 Å². The Morgan fingerprint density at radius 3 is 2.36 bits per heavy atom. The van der Waals surface area contributed by atoms with Gasteiger partial charge in [0, 0.05) is 18.2 Å². The van der Waals surface area contributed by atoms with E-state index in [4.69, 9.17) is 0 Å². The van der Waals surface area contributed by atoms with Gasteiger partial charge in [0.15, 0.2) is 18.6 Å². The van der Waals surface area contributed by atoms with Gasteiger partial charge >= 0.3 is 0 Å². The van der Waals surface area contributed by atoms with Crippen LogP contribution in [0.5, 0.6) is 0 Å². The fourth-order valence-corrected chi connectivity index (χ4v) is 0.772. The van der Waals surface area contributed by atoms with Gasteiger partial charge in [-0.3, -0.25) is 0 Å². The third-order valence-electron chi connectivity index (χ3n) is 1.30. The number of allylic oxidation sites excluding steroid dienone is 3. The molecular weight excluding hydrogens is 134 g/mol. The molecule has 0 aliphatic rings. The highest BCUT2D eigenvalue weighted by Crippen LogP contribution is 1.79. The molecule has 0 aromatic carbocycles. The molecule has 0 unspecified atom stereocenters. The second-order valence-electron chi connectivity index (χ2n) is 2.19. The van der Waals surface area contributed by atoms with Gasteiger partial charge in [-0.1, -0.05) is 18.2 Å². The predicted molar refractivity (Wildman–Crippen MR) is 46.8 cm³/mol. The van der Waals surface area contributed by atoms with Crippen molar-refractivity contribution in [2.24, 2.45) is 0 Å². The lowest BCUT2D eigenvalue weighted by molar-refractivity contribution is -0.568. The number of hydrogen-bond acceptors (Lipinski definition) is 0. The van der Waals surface area contributed by atoms with Gasteiger partial charge in [-0.05, 0) is 6.92 Å². The van der Waals surface area contributed by atoms with Crippen LogP contribution in [0.25, 0.3) is 6.20 Å². The lowest BCUT2D eigenvalue weighted by Gasteiger charge is -1.81. The molecule has 1 heterocycles. The minimum atomic E-state index is 2.00. The molecular formula is C10H12N+. The van der Waals surface area contributed by atoms with Crippen LogP contribution in [0, 0.1) is 0 Å². The molecule has 0 radical (unpaired) electrons. The third-order valence-corrected chi connectivity index (χ3v) is 1.30. The van der Waals surface area contributed by atoms with E-state index in [1.165, 1.54) is 0 Å². The molecule has 0 spiro atoms. The van der Waals surface area contributed by atoms with Crippen molar-refractivity contribution in [3.63, 3.8) is 0 Å². The van der Waals surface area contributed by atoms with E-state index in [0.29, 0.717) is 0 Å². The summed E-state index contributed by atoms with van der Waals surface area (Å²) in [5.74, 6) is 0. The average molecular weight is 146 g/mol. The summed E-state index contributed by atoms with van der Waals surface area (Å²) in [6, 6.07) is 6.00. The number of aromatic nitrogens is 1. The molecule has 0 aliphatic carbocycles. The molecule has 0 aliphatic heterocycles. The molecule has 0 saturated heterocycles. The molecule has 1 aromatic heterocycles. The number of rotatable bonds is 2. The first-order valence-corrected chi connectivity index (χ1v) is 3.69. The van der Waals surface area contributed by atoms with Crippen molar-refractivity contribution in [1.29, 1.82) is 0 Å². The Bertz CT molecular complexity index is 247. The summed E-state index contributed by atoms with van der Waals surface area (Å²) in [4.78, 5) is 0. The van der Waals surface area contributed by atoms with Crippen LogP contribution in [0.3, 0.4) is 0 Å². The van der Waals surface area contributed by atoms with Crippen LogP contribution in [0.2, 0.25) is 0 Å². The Kier molecular flexibility index (Phi) is 3.13. The number of hydrogen-bond donors (Lipinski definition) is 0. The van der Waals surface area contributed by atoms with Gasteiger partial charge in [0.1, 0.15) is 0 Å². The average Bonchev–Trinajstić information content (AvgIpc) is 2.07. The smallest absolute Gasteiger partial charge is 0.174 e. The zero-order valence-electron chi connectivity index (χ0n) is 6.64. The molecule has 1 heteroatoms. The predicted octanol–water partition coefficient (Wildman–Crippen LogP) is 2.02. The fraction of sp³-hybridized carbons (Fsp3) is 0.100. The molecule has 1 nitrogen and oxygen atoms in total. The second kappa shape index (κ2) is 4.45. The molecule has 0 bridgehead atoms. The third kappa shape index (κ3) is 2.80. The van der Waals surface area contributed by atoms with Crippen LogP contribution >= 0.6 is 0 Å². The van der Waals surface area contributed by atoms with Gasteiger partial charge in [0.25, 0.3) is 0 Å². The Labute approximate surface area is 67.3 Å². The number of pyridine rings is 1. The largest absolute Gasteiger partial charge is 0.174 e. The standard InChI is InChI=1S/C10H12N/c1-2-3-5-8-11-9-6-4-7-10-11/h2-10H,1H3/q+1. The highest BCUT2D eigenvalue weighted by atomic mass is 14.9. The highest BCUT2D eigenvalue weighted by Gasteiger charge is 1.85. The topological polar surface area (TPSA) is 3.88 Å². The molecule has 0 fully saturated rings. The van der Waals surface area contributed by atoms with E-state index in [2.05, 4.69) is 0 Å². The van der Waals surface area contributed by atoms with Crippen molar-refractivity contribution in [2.45, 2.75) is 6.92 Å². The minimum Gasteiger partial charge on any atom is -0.174 e. The minimum absolute atomic E-state index is 2.00. The molecule has 0 atom stereocenters. The summed E-state index contributed by atoms with van der Waals surface area (Å²) in [7, 11) is 0. The molecule has 0 N–H and O–H groups in total. The van der Waals surface area contributed by atoms with Crippen LogP contribution in [-0.4, -0.2) is 0 Å². The fourth-order valence-electron chi connectivity index (χ4n) is 0.772. The maximum Gasteiger partial charge on any atom is 0.174 e. The summed E-state index contributed by atoms with van der Waals surface area (Å²) >= 11 is 0. The molecule has 0 saturated carbocycles. The summed E-state index contributed by atoms with van der Waals surface area (Å²) in [5, 5.41) is 0. The monoisotopic (exact) mass is 146 g/mol. The summed E-state index contributed by atoms with van der Waals surface area (Å²) in [5.41, 5.74) is 0. The first-order chi connectivity index (χ1) is 5.43. The maximum atomic E-state index is 2.00. The summed E-state index contributed by atoms with van der Waals surface area (Å²) in [6.45, 7) is 2.00. The summed E-state index contributed by atoms with van der Waals surface area (Å²) < 4.78 is 2.00. The van der Waals surface area contributed by atoms with E-state index in [9.17, 15) is 0 Å². The van der Waals surface area contributed by atoms with E-state index in [-0.39, 0.29) is 0 Å². The Balaban J connectivity index is 2.64. The van der Waals surface area contributed by atoms with Gasteiger partial charge in [0.2, 0.25) is 0 Å². The van der Waals surface area contributed by atoms with E-state index >= 15 is 0 Å². The van der Waals surface area contributed by atoms with Gasteiger partial charge in [-0.2, -0.15) is 4.57 Å². The van der Waals surface area contributed by atoms with Crippen molar-refractivity contribution in [3.8, 4) is 0 Å². The molecule has 1 rings (SSSR count). The maximum absolute atomic E-state index is 2.00. The van der Waals surface area contributed by atoms with Crippen molar-refractivity contribution < 1.29 is 4.57 Å². The Morgan fingerprint density at radius 2 is 1.73 bits per heavy atom. The van der Waals surface area contributed by atoms with Crippen LogP contribution in [0.15, 0.2) is 48.8 Å². The first-order valence-electron chi connectivity index (χ1n) is 3.69. The van der Waals surface area contributed by atoms with Crippen molar-refractivity contribution in [1.82, 2.24) is 0 Å². The van der Waals surface area contributed by atoms with Crippen LogP contribution in [-0.2, 0) is 0 Å². The van der Waals surface area contributed by atoms with Crippen LogP contribution < -0.4 is 4.57 Å². The SMILES string of the molecule is CC=CC=C[n+]1ccccc1. The first kappa shape index (κ1) is 7.73. The quantitative estimate of drug-likeness (QED) is 0.444. The zero-order chi connectivity index (χ0) is 7.94. The normalized spacial score (nSPS) is 11.4. The van der Waals surface area contributed by atoms with Crippen LogP contribution in [0.1, 0.15) is 6.92 Å². The van der Waals surface area contributed by atoms with Gasteiger partial charge in [-0.25, -0.2) is 0 Å². The highest BCUT2D eigenvalue weighted by molar-refractivity contribution is 5.16. The van der Waals surface area contributed by atoms with Gasteiger partial charge < -0.3 is 0 Å². The van der Waals surface area contributed by atoms with E-state index < -0.39 is 0 Å². The second-order valence-corrected chi connectivity index (χ2v) is 2.19. The number of nitrogens with zero attached hydrogens (tertiary/aromatic N) is 1. The van der Waals surface area contributed by atoms with Gasteiger partial charge in [-0.15, -0.1) is 0 Å². The Morgan fingerprint density at radius 1 is 1.00 bits per heavy atom. The summed E-state index contributed by atoms with van der Waals surface area (Å²) in [6.07, 6.45) is 12.0. The molecule has 11 heavy (non-hydrogen) atoms. The molecule has 56 valence electrons. The van der Waals surface area contributed by atoms with Crippen LogP contribution in [0.4, 0.5) is 0 Å². The van der Waals surface area contributed by atoms with Crippen molar-refractivity contribution >= 4 is 6.20 Å². The lowest BCUT2D eigenvalue weighted by atomic mass is 10.4.